The number of amides is 1. The van der Waals surface area contributed by atoms with Gasteiger partial charge in [-0.15, -0.1) is 0 Å². The Bertz CT molecular complexity index is 1260. The predicted molar refractivity (Wildman–Crippen MR) is 132 cm³/mol. The van der Waals surface area contributed by atoms with E-state index in [1.807, 2.05) is 24.3 Å². The molecule has 0 bridgehead atoms. The van der Waals surface area contributed by atoms with Crippen molar-refractivity contribution >= 4 is 17.4 Å². The molecule has 3 aliphatic rings. The second kappa shape index (κ2) is 8.80. The van der Waals surface area contributed by atoms with E-state index in [-0.39, 0.29) is 24.5 Å². The van der Waals surface area contributed by atoms with Crippen LogP contribution in [0.3, 0.4) is 0 Å². The molecule has 1 N–H and O–H groups in total. The third-order valence-electron chi connectivity index (χ3n) is 7.74. The number of aliphatic hydroxyl groups is 1. The van der Waals surface area contributed by atoms with Crippen LogP contribution in [0, 0.1) is 0 Å². The zero-order valence-electron chi connectivity index (χ0n) is 20.4. The van der Waals surface area contributed by atoms with Crippen LogP contribution in [0.1, 0.15) is 48.5 Å². The first kappa shape index (κ1) is 22.3. The number of ether oxygens (including phenoxy) is 1. The van der Waals surface area contributed by atoms with E-state index in [0.717, 1.165) is 72.7 Å². The number of anilines is 2. The van der Waals surface area contributed by atoms with Gasteiger partial charge in [0, 0.05) is 74.7 Å². The molecule has 5 heterocycles. The third kappa shape index (κ3) is 3.83. The van der Waals surface area contributed by atoms with Crippen molar-refractivity contribution in [2.24, 2.45) is 7.05 Å². The zero-order valence-corrected chi connectivity index (χ0v) is 20.4. The molecule has 1 aromatic carbocycles. The van der Waals surface area contributed by atoms with Crippen LogP contribution in [0.2, 0.25) is 0 Å². The highest BCUT2D eigenvalue weighted by atomic mass is 16.5. The monoisotopic (exact) mass is 476 g/mol. The molecule has 3 aromatic rings. The van der Waals surface area contributed by atoms with E-state index in [0.29, 0.717) is 13.2 Å². The summed E-state index contributed by atoms with van der Waals surface area (Å²) in [6.07, 6.45) is 6.48. The molecule has 1 amide bonds. The fourth-order valence-electron chi connectivity index (χ4n) is 5.78. The maximum Gasteiger partial charge on any atom is 0.219 e. The van der Waals surface area contributed by atoms with Crippen LogP contribution in [-0.4, -0.2) is 68.4 Å². The predicted octanol–water partition coefficient (Wildman–Crippen LogP) is 2.77. The smallest absolute Gasteiger partial charge is 0.219 e. The quantitative estimate of drug-likeness (QED) is 0.623. The summed E-state index contributed by atoms with van der Waals surface area (Å²) in [5.74, 6) is 1.11. The van der Waals surface area contributed by atoms with Crippen molar-refractivity contribution in [2.45, 2.75) is 44.7 Å². The molecule has 184 valence electrons. The maximum atomic E-state index is 12.2. The fourth-order valence-corrected chi connectivity index (χ4v) is 5.78. The van der Waals surface area contributed by atoms with Crippen molar-refractivity contribution in [3.63, 3.8) is 0 Å². The van der Waals surface area contributed by atoms with Crippen LogP contribution >= 0.6 is 0 Å². The van der Waals surface area contributed by atoms with Crippen LogP contribution in [0.25, 0.3) is 11.1 Å². The average Bonchev–Trinajstić information content (AvgIpc) is 3.62. The summed E-state index contributed by atoms with van der Waals surface area (Å²) >= 11 is 0. The van der Waals surface area contributed by atoms with Gasteiger partial charge in [-0.05, 0) is 36.1 Å². The number of rotatable bonds is 4. The molecule has 0 aliphatic carbocycles. The van der Waals surface area contributed by atoms with Crippen molar-refractivity contribution in [1.29, 1.82) is 0 Å². The van der Waals surface area contributed by atoms with Gasteiger partial charge >= 0.3 is 0 Å². The maximum absolute atomic E-state index is 12.2. The number of aliphatic hydroxyl groups excluding tert-OH is 1. The van der Waals surface area contributed by atoms with Crippen molar-refractivity contribution in [3.8, 4) is 11.1 Å². The highest BCUT2D eigenvalue weighted by Gasteiger charge is 2.35. The average molecular weight is 477 g/mol. The van der Waals surface area contributed by atoms with Gasteiger partial charge in [0.05, 0.1) is 32.0 Å². The number of hydrogen-bond acceptors (Lipinski definition) is 6. The van der Waals surface area contributed by atoms with E-state index in [1.54, 1.807) is 11.6 Å². The normalized spacial score (nSPS) is 21.8. The highest BCUT2D eigenvalue weighted by Crippen LogP contribution is 2.43. The topological polar surface area (TPSA) is 88.7 Å². The molecule has 0 saturated carbocycles. The van der Waals surface area contributed by atoms with Crippen LogP contribution in [-0.2, 0) is 29.5 Å². The van der Waals surface area contributed by atoms with Crippen molar-refractivity contribution in [2.75, 3.05) is 37.8 Å². The van der Waals surface area contributed by atoms with Gasteiger partial charge in [0.2, 0.25) is 5.91 Å². The third-order valence-corrected chi connectivity index (χ3v) is 7.74. The molecule has 0 radical (unpaired) electrons. The second-order valence-electron chi connectivity index (χ2n) is 9.90. The standard InChI is InChI=1S/C26H32N6O3/c1-17(34)30-8-6-25-23(14-30)26(28-32(25)21-7-10-35-16-21)31-9-5-19(15-33)22-11-18(3-4-24(22)31)20-12-27-29(2)13-20/h3-4,11-13,19,21,33H,5-10,14-16H2,1-2H3/t19?,21-/m1/s1. The van der Waals surface area contributed by atoms with Crippen molar-refractivity contribution in [1.82, 2.24) is 24.5 Å². The minimum atomic E-state index is 0.0766. The molecular formula is C26H32N6O3. The lowest BCUT2D eigenvalue weighted by molar-refractivity contribution is -0.129. The molecule has 35 heavy (non-hydrogen) atoms. The number of carbonyl (C=O) groups excluding carboxylic acids is 1. The molecule has 2 atom stereocenters. The van der Waals surface area contributed by atoms with Gasteiger partial charge in [-0.1, -0.05) is 6.07 Å². The van der Waals surface area contributed by atoms with Gasteiger partial charge in [-0.3, -0.25) is 14.2 Å². The summed E-state index contributed by atoms with van der Waals surface area (Å²) in [6.45, 7) is 5.27. The summed E-state index contributed by atoms with van der Waals surface area (Å²) in [6, 6.07) is 6.70. The number of benzene rings is 1. The van der Waals surface area contributed by atoms with E-state index < -0.39 is 0 Å². The van der Waals surface area contributed by atoms with Crippen LogP contribution in [0.15, 0.2) is 30.6 Å². The number of aromatic nitrogens is 4. The molecule has 0 spiro atoms. The van der Waals surface area contributed by atoms with Gasteiger partial charge in [-0.2, -0.15) is 10.2 Å². The first-order valence-electron chi connectivity index (χ1n) is 12.5. The van der Waals surface area contributed by atoms with E-state index in [4.69, 9.17) is 9.84 Å². The van der Waals surface area contributed by atoms with Crippen LogP contribution in [0.4, 0.5) is 11.5 Å². The van der Waals surface area contributed by atoms with E-state index >= 15 is 0 Å². The van der Waals surface area contributed by atoms with E-state index in [9.17, 15) is 9.90 Å². The van der Waals surface area contributed by atoms with E-state index in [2.05, 4.69) is 32.9 Å². The van der Waals surface area contributed by atoms with E-state index in [1.165, 1.54) is 5.69 Å². The number of aryl methyl sites for hydroxylation is 1. The molecule has 9 nitrogen and oxygen atoms in total. The lowest BCUT2D eigenvalue weighted by atomic mass is 9.88. The Labute approximate surface area is 204 Å². The minimum Gasteiger partial charge on any atom is -0.396 e. The lowest BCUT2D eigenvalue weighted by Crippen LogP contribution is -2.36. The first-order valence-corrected chi connectivity index (χ1v) is 12.5. The van der Waals surface area contributed by atoms with Crippen molar-refractivity contribution in [3.05, 3.63) is 47.4 Å². The molecule has 2 aromatic heterocycles. The molecule has 3 aliphatic heterocycles. The Morgan fingerprint density at radius 3 is 2.83 bits per heavy atom. The minimum absolute atomic E-state index is 0.0766. The largest absolute Gasteiger partial charge is 0.396 e. The molecule has 6 rings (SSSR count). The van der Waals surface area contributed by atoms with Gasteiger partial charge in [0.25, 0.3) is 0 Å². The highest BCUT2D eigenvalue weighted by molar-refractivity contribution is 5.76. The Morgan fingerprint density at radius 2 is 2.11 bits per heavy atom. The Balaban J connectivity index is 1.45. The Kier molecular flexibility index (Phi) is 5.61. The second-order valence-corrected chi connectivity index (χ2v) is 9.90. The number of nitrogens with zero attached hydrogens (tertiary/aromatic N) is 6. The summed E-state index contributed by atoms with van der Waals surface area (Å²) in [5, 5.41) is 19.7. The summed E-state index contributed by atoms with van der Waals surface area (Å²) in [5.41, 5.74) is 6.73. The van der Waals surface area contributed by atoms with Gasteiger partial charge in [-0.25, -0.2) is 0 Å². The van der Waals surface area contributed by atoms with Crippen LogP contribution in [0.5, 0.6) is 0 Å². The lowest BCUT2D eigenvalue weighted by Gasteiger charge is -2.35. The Morgan fingerprint density at radius 1 is 1.23 bits per heavy atom. The number of hydrogen-bond donors (Lipinski definition) is 1. The molecule has 1 unspecified atom stereocenters. The first-order chi connectivity index (χ1) is 17.0. The molecular weight excluding hydrogens is 444 g/mol. The zero-order chi connectivity index (χ0) is 24.1. The molecule has 9 heteroatoms. The summed E-state index contributed by atoms with van der Waals surface area (Å²) in [7, 11) is 1.92. The van der Waals surface area contributed by atoms with Gasteiger partial charge in [0.15, 0.2) is 5.82 Å². The van der Waals surface area contributed by atoms with Gasteiger partial charge < -0.3 is 19.6 Å². The number of fused-ring (bicyclic) bond motifs is 2. The SMILES string of the molecule is CC(=O)N1CCc2c(c(N3CCC(CO)c4cc(-c5cnn(C)c5)ccc43)nn2[C@@H]2CCOC2)C1. The molecule has 1 saturated heterocycles. The van der Waals surface area contributed by atoms with Gasteiger partial charge in [0.1, 0.15) is 0 Å². The summed E-state index contributed by atoms with van der Waals surface area (Å²) < 4.78 is 9.67. The fraction of sp³-hybridized carbons (Fsp3) is 0.500. The van der Waals surface area contributed by atoms with Crippen LogP contribution < -0.4 is 4.90 Å². The van der Waals surface area contributed by atoms with Crippen molar-refractivity contribution < 1.29 is 14.6 Å². The summed E-state index contributed by atoms with van der Waals surface area (Å²) in [4.78, 5) is 16.5. The Hall–Kier alpha value is -3.17. The molecule has 1 fully saturated rings. The number of carbonyl (C=O) groups is 1.